The van der Waals surface area contributed by atoms with E-state index in [-0.39, 0.29) is 26.5 Å². The molecule has 0 spiro atoms. The summed E-state index contributed by atoms with van der Waals surface area (Å²) in [6.45, 7) is 6.39. The molecule has 0 aliphatic heterocycles. The highest BCUT2D eigenvalue weighted by Crippen LogP contribution is 2.33. The standard InChI is InChI=1S/C12H18Cl2N2O2S/c1-7(2)8(3)6-16-19(17,18)10-5-4-9(13)12(15)11(10)14/h4-5,7-8,16H,6,15H2,1-3H3. The van der Waals surface area contributed by atoms with Crippen LogP contribution in [0.3, 0.4) is 0 Å². The van der Waals surface area contributed by atoms with E-state index in [1.54, 1.807) is 0 Å². The Labute approximate surface area is 124 Å². The highest BCUT2D eigenvalue weighted by molar-refractivity contribution is 7.89. The molecule has 1 atom stereocenters. The fourth-order valence-electron chi connectivity index (χ4n) is 1.31. The van der Waals surface area contributed by atoms with E-state index in [0.29, 0.717) is 12.5 Å². The summed E-state index contributed by atoms with van der Waals surface area (Å²) in [7, 11) is -3.68. The van der Waals surface area contributed by atoms with Gasteiger partial charge in [-0.3, -0.25) is 0 Å². The number of hydrogen-bond donors (Lipinski definition) is 2. The molecule has 0 radical (unpaired) electrons. The van der Waals surface area contributed by atoms with Gasteiger partial charge in [0.25, 0.3) is 0 Å². The van der Waals surface area contributed by atoms with Gasteiger partial charge in [0.15, 0.2) is 0 Å². The molecule has 0 aromatic heterocycles. The van der Waals surface area contributed by atoms with Crippen molar-refractivity contribution in [1.29, 1.82) is 0 Å². The van der Waals surface area contributed by atoms with Gasteiger partial charge in [-0.2, -0.15) is 0 Å². The van der Waals surface area contributed by atoms with Gasteiger partial charge in [-0.25, -0.2) is 13.1 Å². The molecule has 0 heterocycles. The third-order valence-electron chi connectivity index (χ3n) is 3.11. The number of anilines is 1. The summed E-state index contributed by atoms with van der Waals surface area (Å²) in [6, 6.07) is 2.77. The average molecular weight is 325 g/mol. The number of nitrogens with one attached hydrogen (secondary N) is 1. The van der Waals surface area contributed by atoms with Gasteiger partial charge in [-0.15, -0.1) is 0 Å². The van der Waals surface area contributed by atoms with E-state index in [0.717, 1.165) is 0 Å². The second-order valence-electron chi connectivity index (χ2n) is 4.85. The van der Waals surface area contributed by atoms with Crippen LogP contribution < -0.4 is 10.5 Å². The smallest absolute Gasteiger partial charge is 0.242 e. The SMILES string of the molecule is CC(C)C(C)CNS(=O)(=O)c1ccc(Cl)c(N)c1Cl. The first kappa shape index (κ1) is 16.6. The average Bonchev–Trinajstić information content (AvgIpc) is 2.32. The van der Waals surface area contributed by atoms with E-state index < -0.39 is 10.0 Å². The molecular formula is C12H18Cl2N2O2S. The summed E-state index contributed by atoms with van der Waals surface area (Å²) in [6.07, 6.45) is 0. The van der Waals surface area contributed by atoms with Crippen LogP contribution >= 0.6 is 23.2 Å². The number of halogens is 2. The predicted octanol–water partition coefficient (Wildman–Crippen LogP) is 3.15. The molecule has 108 valence electrons. The van der Waals surface area contributed by atoms with Crippen molar-refractivity contribution in [1.82, 2.24) is 4.72 Å². The van der Waals surface area contributed by atoms with Crippen LogP contribution in [0.1, 0.15) is 20.8 Å². The minimum absolute atomic E-state index is 0.0443. The van der Waals surface area contributed by atoms with Crippen molar-refractivity contribution in [3.05, 3.63) is 22.2 Å². The molecule has 0 aliphatic rings. The van der Waals surface area contributed by atoms with Crippen LogP contribution in [0.2, 0.25) is 10.0 Å². The van der Waals surface area contributed by atoms with Gasteiger partial charge in [-0.05, 0) is 24.0 Å². The highest BCUT2D eigenvalue weighted by atomic mass is 35.5. The molecule has 3 N–H and O–H groups in total. The Morgan fingerprint density at radius 1 is 1.26 bits per heavy atom. The Balaban J connectivity index is 2.99. The second kappa shape index (κ2) is 6.31. The fraction of sp³-hybridized carbons (Fsp3) is 0.500. The zero-order valence-corrected chi connectivity index (χ0v) is 13.4. The molecule has 0 saturated heterocycles. The van der Waals surface area contributed by atoms with Crippen molar-refractivity contribution >= 4 is 38.9 Å². The predicted molar refractivity (Wildman–Crippen MR) is 80.1 cm³/mol. The lowest BCUT2D eigenvalue weighted by molar-refractivity contribution is 0.414. The minimum atomic E-state index is -3.68. The van der Waals surface area contributed by atoms with E-state index in [2.05, 4.69) is 4.72 Å². The van der Waals surface area contributed by atoms with Crippen molar-refractivity contribution in [2.45, 2.75) is 25.7 Å². The van der Waals surface area contributed by atoms with Crippen molar-refractivity contribution in [3.8, 4) is 0 Å². The number of nitrogens with two attached hydrogens (primary N) is 1. The Kier molecular flexibility index (Phi) is 5.50. The first-order chi connectivity index (χ1) is 8.66. The van der Waals surface area contributed by atoms with Crippen LogP contribution in [-0.4, -0.2) is 15.0 Å². The van der Waals surface area contributed by atoms with Crippen LogP contribution in [0, 0.1) is 11.8 Å². The molecule has 0 saturated carbocycles. The summed E-state index contributed by atoms with van der Waals surface area (Å²) in [5.74, 6) is 0.603. The van der Waals surface area contributed by atoms with Crippen molar-refractivity contribution in [2.24, 2.45) is 11.8 Å². The van der Waals surface area contributed by atoms with E-state index in [4.69, 9.17) is 28.9 Å². The summed E-state index contributed by atoms with van der Waals surface area (Å²) >= 11 is 11.7. The van der Waals surface area contributed by atoms with Gasteiger partial charge < -0.3 is 5.73 Å². The Bertz CT molecular complexity index is 559. The van der Waals surface area contributed by atoms with Gasteiger partial charge in [0.2, 0.25) is 10.0 Å². The van der Waals surface area contributed by atoms with Crippen LogP contribution in [0.4, 0.5) is 5.69 Å². The third kappa shape index (κ3) is 3.99. The number of benzene rings is 1. The van der Waals surface area contributed by atoms with Gasteiger partial charge in [-0.1, -0.05) is 44.0 Å². The van der Waals surface area contributed by atoms with E-state index in [9.17, 15) is 8.42 Å². The van der Waals surface area contributed by atoms with E-state index in [1.807, 2.05) is 20.8 Å². The van der Waals surface area contributed by atoms with Crippen LogP contribution in [-0.2, 0) is 10.0 Å². The molecule has 0 bridgehead atoms. The number of hydrogen-bond acceptors (Lipinski definition) is 3. The van der Waals surface area contributed by atoms with Crippen molar-refractivity contribution < 1.29 is 8.42 Å². The molecule has 1 aromatic rings. The normalized spacial score (nSPS) is 13.8. The molecule has 1 aromatic carbocycles. The first-order valence-electron chi connectivity index (χ1n) is 5.90. The highest BCUT2D eigenvalue weighted by Gasteiger charge is 2.21. The van der Waals surface area contributed by atoms with Gasteiger partial charge in [0, 0.05) is 6.54 Å². The molecule has 4 nitrogen and oxygen atoms in total. The number of nitrogen functional groups attached to an aromatic ring is 1. The van der Waals surface area contributed by atoms with Crippen LogP contribution in [0.15, 0.2) is 17.0 Å². The quantitative estimate of drug-likeness (QED) is 0.817. The number of sulfonamides is 1. The maximum Gasteiger partial charge on any atom is 0.242 e. The minimum Gasteiger partial charge on any atom is -0.396 e. The van der Waals surface area contributed by atoms with Crippen molar-refractivity contribution in [3.63, 3.8) is 0 Å². The third-order valence-corrected chi connectivity index (χ3v) is 5.43. The van der Waals surface area contributed by atoms with Gasteiger partial charge >= 0.3 is 0 Å². The molecular weight excluding hydrogens is 307 g/mol. The maximum atomic E-state index is 12.1. The Morgan fingerprint density at radius 3 is 2.37 bits per heavy atom. The van der Waals surface area contributed by atoms with E-state index >= 15 is 0 Å². The topological polar surface area (TPSA) is 72.2 Å². The first-order valence-corrected chi connectivity index (χ1v) is 8.14. The molecule has 1 unspecified atom stereocenters. The van der Waals surface area contributed by atoms with Crippen molar-refractivity contribution in [2.75, 3.05) is 12.3 Å². The van der Waals surface area contributed by atoms with Crippen LogP contribution in [0.25, 0.3) is 0 Å². The Hall–Kier alpha value is -0.490. The Morgan fingerprint density at radius 2 is 1.84 bits per heavy atom. The fourth-order valence-corrected chi connectivity index (χ4v) is 3.22. The zero-order valence-electron chi connectivity index (χ0n) is 11.1. The lowest BCUT2D eigenvalue weighted by Gasteiger charge is -2.17. The molecule has 19 heavy (non-hydrogen) atoms. The monoisotopic (exact) mass is 324 g/mol. The van der Waals surface area contributed by atoms with Crippen LogP contribution in [0.5, 0.6) is 0 Å². The van der Waals surface area contributed by atoms with E-state index in [1.165, 1.54) is 12.1 Å². The lowest BCUT2D eigenvalue weighted by atomic mass is 9.99. The zero-order chi connectivity index (χ0) is 14.8. The second-order valence-corrected chi connectivity index (χ2v) is 7.37. The summed E-state index contributed by atoms with van der Waals surface area (Å²) in [5, 5.41) is 0.191. The summed E-state index contributed by atoms with van der Waals surface area (Å²) in [4.78, 5) is -0.0491. The molecule has 0 aliphatic carbocycles. The molecule has 1 rings (SSSR count). The molecule has 0 amide bonds. The molecule has 0 fully saturated rings. The largest absolute Gasteiger partial charge is 0.396 e. The maximum absolute atomic E-state index is 12.1. The van der Waals surface area contributed by atoms with Gasteiger partial charge in [0.1, 0.15) is 4.90 Å². The summed E-state index contributed by atoms with van der Waals surface area (Å²) < 4.78 is 26.8. The van der Waals surface area contributed by atoms with Gasteiger partial charge in [0.05, 0.1) is 15.7 Å². The lowest BCUT2D eigenvalue weighted by Crippen LogP contribution is -2.30. The summed E-state index contributed by atoms with van der Waals surface area (Å²) in [5.41, 5.74) is 5.70. The number of rotatable bonds is 5. The molecule has 7 heteroatoms.